The number of aromatic nitrogens is 1. The lowest BCUT2D eigenvalue weighted by molar-refractivity contribution is 0.379. The van der Waals surface area contributed by atoms with Crippen molar-refractivity contribution in [1.82, 2.24) is 4.57 Å². The first-order valence-electron chi connectivity index (χ1n) is 16.9. The molecule has 0 saturated heterocycles. The fraction of sp³-hybridized carbons (Fsp3) is 0.136. The van der Waals surface area contributed by atoms with Crippen LogP contribution in [0.1, 0.15) is 45.0 Å². The van der Waals surface area contributed by atoms with Gasteiger partial charge in [0.1, 0.15) is 0 Å². The number of benzene rings is 5. The molecule has 2 aliphatic carbocycles. The lowest BCUT2D eigenvalue weighted by Crippen LogP contribution is -2.32. The third-order valence-electron chi connectivity index (χ3n) is 10.8. The number of hydrogen-bond donors (Lipinski definition) is 0. The third-order valence-corrected chi connectivity index (χ3v) is 14.6. The van der Waals surface area contributed by atoms with E-state index in [0.29, 0.717) is 10.8 Å². The van der Waals surface area contributed by atoms with E-state index in [-0.39, 0.29) is 27.7 Å². The summed E-state index contributed by atoms with van der Waals surface area (Å²) in [6.07, 6.45) is 9.12. The number of allylic oxidation sites excluding steroid dienone is 2. The Bertz CT molecular complexity index is 2630. The fourth-order valence-electron chi connectivity index (χ4n) is 8.65. The minimum atomic E-state index is -0.257. The Hall–Kier alpha value is -4.60. The summed E-state index contributed by atoms with van der Waals surface area (Å²) in [6, 6.07) is 44.0. The first-order chi connectivity index (χ1) is 24.6. The first-order valence-corrected chi connectivity index (χ1v) is 19.8. The number of halogens is 1. The maximum absolute atomic E-state index is 10.6. The molecule has 50 heavy (non-hydrogen) atoms. The SMILES string of the molecule is N#Cc1ccccc1-c1ccc2sc3c(c2c1)C=CC1Sc2ccc(C4C(I)C=CC(C#N)C4n4c5ccccc5c5ccccc54)cc2C31. The van der Waals surface area contributed by atoms with E-state index in [1.54, 1.807) is 0 Å². The molecule has 0 spiro atoms. The highest BCUT2D eigenvalue weighted by Gasteiger charge is 2.42. The predicted molar refractivity (Wildman–Crippen MR) is 216 cm³/mol. The first kappa shape index (κ1) is 30.2. The summed E-state index contributed by atoms with van der Waals surface area (Å²) in [5.74, 6) is 0.128. The normalized spacial score (nSPS) is 23.4. The van der Waals surface area contributed by atoms with Crippen molar-refractivity contribution >= 4 is 83.7 Å². The molecule has 3 heterocycles. The Kier molecular flexibility index (Phi) is 7.10. The number of hydrogen-bond acceptors (Lipinski definition) is 4. The van der Waals surface area contributed by atoms with Gasteiger partial charge in [-0.15, -0.1) is 23.1 Å². The zero-order chi connectivity index (χ0) is 33.5. The molecule has 0 fully saturated rings. The molecular weight excluding hydrogens is 762 g/mol. The maximum Gasteiger partial charge on any atom is 0.0998 e. The Labute approximate surface area is 312 Å². The molecule has 0 saturated carbocycles. The molecular formula is C44H28IN3S2. The van der Waals surface area contributed by atoms with Crippen LogP contribution in [0.15, 0.2) is 132 Å². The molecule has 0 bridgehead atoms. The highest BCUT2D eigenvalue weighted by molar-refractivity contribution is 14.1. The van der Waals surface area contributed by atoms with Gasteiger partial charge >= 0.3 is 0 Å². The molecule has 2 aromatic heterocycles. The average Bonchev–Trinajstić information content (AvgIpc) is 3.83. The molecule has 0 radical (unpaired) electrons. The largest absolute Gasteiger partial charge is 0.335 e. The van der Waals surface area contributed by atoms with Crippen LogP contribution in [0.5, 0.6) is 0 Å². The van der Waals surface area contributed by atoms with Crippen molar-refractivity contribution in [3.63, 3.8) is 0 Å². The van der Waals surface area contributed by atoms with Crippen LogP contribution in [0.4, 0.5) is 0 Å². The molecule has 5 aromatic carbocycles. The average molecular weight is 790 g/mol. The monoisotopic (exact) mass is 789 g/mol. The van der Waals surface area contributed by atoms with Crippen LogP contribution < -0.4 is 0 Å². The summed E-state index contributed by atoms with van der Waals surface area (Å²) >= 11 is 6.48. The summed E-state index contributed by atoms with van der Waals surface area (Å²) in [5.41, 5.74) is 9.13. The van der Waals surface area contributed by atoms with Gasteiger partial charge in [-0.25, -0.2) is 0 Å². The Morgan fingerprint density at radius 2 is 1.50 bits per heavy atom. The topological polar surface area (TPSA) is 52.5 Å². The van der Waals surface area contributed by atoms with E-state index in [1.807, 2.05) is 47.4 Å². The van der Waals surface area contributed by atoms with E-state index < -0.39 is 0 Å². The van der Waals surface area contributed by atoms with E-state index in [9.17, 15) is 10.5 Å². The fourth-order valence-corrected chi connectivity index (χ4v) is 12.5. The van der Waals surface area contributed by atoms with Gasteiger partial charge in [0.25, 0.3) is 0 Å². The summed E-state index contributed by atoms with van der Waals surface area (Å²) in [6.45, 7) is 0. The van der Waals surface area contributed by atoms with Crippen LogP contribution >= 0.6 is 45.7 Å². The van der Waals surface area contributed by atoms with Crippen LogP contribution in [0.2, 0.25) is 0 Å². The van der Waals surface area contributed by atoms with Crippen LogP contribution in [-0.4, -0.2) is 13.7 Å². The van der Waals surface area contributed by atoms with E-state index >= 15 is 0 Å². The minimum Gasteiger partial charge on any atom is -0.335 e. The van der Waals surface area contributed by atoms with Gasteiger partial charge in [0.05, 0.1) is 29.7 Å². The van der Waals surface area contributed by atoms with Crippen LogP contribution in [0, 0.1) is 28.6 Å². The maximum atomic E-state index is 10.6. The van der Waals surface area contributed by atoms with Crippen molar-refractivity contribution in [2.45, 2.75) is 31.9 Å². The van der Waals surface area contributed by atoms with Crippen molar-refractivity contribution in [1.29, 1.82) is 10.5 Å². The van der Waals surface area contributed by atoms with E-state index in [0.717, 1.165) is 11.1 Å². The number of fused-ring (bicyclic) bond motifs is 10. The van der Waals surface area contributed by atoms with Gasteiger partial charge in [0.2, 0.25) is 0 Å². The van der Waals surface area contributed by atoms with E-state index in [2.05, 4.69) is 149 Å². The summed E-state index contributed by atoms with van der Waals surface area (Å²) < 4.78 is 3.98. The molecule has 3 nitrogen and oxygen atoms in total. The smallest absolute Gasteiger partial charge is 0.0998 e. The van der Waals surface area contributed by atoms with Gasteiger partial charge in [-0.3, -0.25) is 0 Å². The molecule has 1 aliphatic heterocycles. The second kappa shape index (κ2) is 11.7. The number of thioether (sulfide) groups is 1. The van der Waals surface area contributed by atoms with Crippen LogP contribution in [0.25, 0.3) is 49.1 Å². The van der Waals surface area contributed by atoms with Crippen molar-refractivity contribution in [2.24, 2.45) is 5.92 Å². The minimum absolute atomic E-state index is 0.0551. The van der Waals surface area contributed by atoms with Crippen molar-refractivity contribution < 1.29 is 0 Å². The Morgan fingerprint density at radius 3 is 2.28 bits per heavy atom. The Morgan fingerprint density at radius 1 is 0.740 bits per heavy atom. The molecule has 6 unspecified atom stereocenters. The second-order valence-electron chi connectivity index (χ2n) is 13.4. The number of nitrogens with zero attached hydrogens (tertiary/aromatic N) is 3. The molecule has 7 aromatic rings. The number of para-hydroxylation sites is 2. The van der Waals surface area contributed by atoms with Crippen molar-refractivity contribution in [3.8, 4) is 23.3 Å². The van der Waals surface area contributed by atoms with E-state index in [1.165, 1.54) is 58.4 Å². The highest BCUT2D eigenvalue weighted by Crippen LogP contribution is 2.57. The van der Waals surface area contributed by atoms with Gasteiger partial charge in [-0.1, -0.05) is 120 Å². The molecule has 10 rings (SSSR count). The van der Waals surface area contributed by atoms with Gasteiger partial charge < -0.3 is 4.57 Å². The zero-order valence-corrected chi connectivity index (χ0v) is 30.5. The quantitative estimate of drug-likeness (QED) is 0.102. The molecule has 238 valence electrons. The molecule has 3 aliphatic rings. The third kappa shape index (κ3) is 4.45. The molecule has 0 amide bonds. The van der Waals surface area contributed by atoms with Gasteiger partial charge in [-0.2, -0.15) is 10.5 Å². The highest BCUT2D eigenvalue weighted by atomic mass is 127. The van der Waals surface area contributed by atoms with Gasteiger partial charge in [0, 0.05) is 62.7 Å². The zero-order valence-electron chi connectivity index (χ0n) is 26.7. The second-order valence-corrected chi connectivity index (χ2v) is 17.1. The standard InChI is InChI=1S/C44H28IN3S2/c45-35-17-13-28(24-47)43(48-36-11-5-3-9-30(36)31-10-4-6-12-37(31)48)41(35)26-15-19-39-34(22-26)42-40(49-39)20-16-32-33-21-25(14-18-38(33)50-44(32)42)29-8-2-1-7-27(29)23-46/h1-22,28,35,40-43H. The predicted octanol–water partition coefficient (Wildman–Crippen LogP) is 12.0. The van der Waals surface area contributed by atoms with Gasteiger partial charge in [0.15, 0.2) is 0 Å². The number of alkyl halides is 1. The number of rotatable bonds is 3. The molecule has 6 atom stereocenters. The van der Waals surface area contributed by atoms with Crippen LogP contribution in [-0.2, 0) is 0 Å². The number of nitriles is 2. The molecule has 0 N–H and O–H groups in total. The lowest BCUT2D eigenvalue weighted by atomic mass is 9.76. The van der Waals surface area contributed by atoms with Gasteiger partial charge in [-0.05, 0) is 64.2 Å². The molecule has 6 heteroatoms. The number of thiophene rings is 1. The summed E-state index contributed by atoms with van der Waals surface area (Å²) in [4.78, 5) is 2.77. The lowest BCUT2D eigenvalue weighted by Gasteiger charge is -2.38. The summed E-state index contributed by atoms with van der Waals surface area (Å²) in [5, 5.41) is 24.5. The van der Waals surface area contributed by atoms with E-state index in [4.69, 9.17) is 0 Å². The Balaban J connectivity index is 1.11. The van der Waals surface area contributed by atoms with Crippen molar-refractivity contribution in [3.05, 3.63) is 155 Å². The summed E-state index contributed by atoms with van der Waals surface area (Å²) in [7, 11) is 0. The van der Waals surface area contributed by atoms with Crippen LogP contribution in [0.3, 0.4) is 0 Å². The van der Waals surface area contributed by atoms with Crippen molar-refractivity contribution in [2.75, 3.05) is 0 Å².